The third kappa shape index (κ3) is 4.18. The highest BCUT2D eigenvalue weighted by Crippen LogP contribution is 2.35. The van der Waals surface area contributed by atoms with E-state index in [1.54, 1.807) is 0 Å². The monoisotopic (exact) mass is 268 g/mol. The van der Waals surface area contributed by atoms with Gasteiger partial charge in [0.2, 0.25) is 0 Å². The topological polar surface area (TPSA) is 24.4 Å². The Morgan fingerprint density at radius 1 is 1.33 bits per heavy atom. The highest BCUT2D eigenvalue weighted by Gasteiger charge is 2.28. The minimum Gasteiger partial charge on any atom is -0.362 e. The molecule has 2 aliphatic rings. The van der Waals surface area contributed by atoms with Crippen molar-refractivity contribution in [2.75, 3.05) is 5.75 Å². The summed E-state index contributed by atoms with van der Waals surface area (Å²) in [7, 11) is 0. The van der Waals surface area contributed by atoms with E-state index in [0.717, 1.165) is 5.92 Å². The fourth-order valence-corrected chi connectivity index (χ4v) is 3.91. The molecule has 104 valence electrons. The van der Waals surface area contributed by atoms with Crippen LogP contribution in [-0.4, -0.2) is 23.0 Å². The molecule has 1 fully saturated rings. The number of rotatable bonds is 3. The first-order valence-electron chi connectivity index (χ1n) is 7.42. The van der Waals surface area contributed by atoms with E-state index in [1.807, 2.05) is 11.8 Å². The average Bonchev–Trinajstić information content (AvgIpc) is 2.68. The summed E-state index contributed by atoms with van der Waals surface area (Å²) in [6.07, 6.45) is 6.54. The number of nitrogens with one attached hydrogen (secondary N) is 1. The molecule has 0 saturated heterocycles. The first kappa shape index (κ1) is 14.2. The van der Waals surface area contributed by atoms with Gasteiger partial charge in [0.1, 0.15) is 0 Å². The molecule has 1 aliphatic heterocycles. The van der Waals surface area contributed by atoms with Crippen molar-refractivity contribution in [3.05, 3.63) is 0 Å². The maximum Gasteiger partial charge on any atom is 0.157 e. The van der Waals surface area contributed by atoms with Gasteiger partial charge in [-0.1, -0.05) is 39.5 Å². The molecule has 0 aromatic rings. The maximum absolute atomic E-state index is 4.83. The van der Waals surface area contributed by atoms with Crippen molar-refractivity contribution in [3.63, 3.8) is 0 Å². The van der Waals surface area contributed by atoms with E-state index < -0.39 is 0 Å². The van der Waals surface area contributed by atoms with Gasteiger partial charge >= 0.3 is 0 Å². The first-order valence-corrected chi connectivity index (χ1v) is 8.40. The zero-order chi connectivity index (χ0) is 13.2. The van der Waals surface area contributed by atoms with Gasteiger partial charge in [-0.3, -0.25) is 4.99 Å². The Morgan fingerprint density at radius 3 is 2.61 bits per heavy atom. The minimum absolute atomic E-state index is 0.553. The number of hydrogen-bond acceptors (Lipinski definition) is 3. The number of thioether (sulfide) groups is 1. The molecular formula is C15H28N2S. The van der Waals surface area contributed by atoms with E-state index in [1.165, 1.54) is 43.0 Å². The Hall–Kier alpha value is -0.180. The van der Waals surface area contributed by atoms with Gasteiger partial charge in [-0.2, -0.15) is 0 Å². The van der Waals surface area contributed by atoms with Gasteiger partial charge < -0.3 is 5.32 Å². The number of amidine groups is 1. The molecule has 1 atom stereocenters. The van der Waals surface area contributed by atoms with Gasteiger partial charge in [0, 0.05) is 11.8 Å². The van der Waals surface area contributed by atoms with Gasteiger partial charge in [-0.15, -0.1) is 0 Å². The van der Waals surface area contributed by atoms with Gasteiger partial charge in [-0.05, 0) is 43.4 Å². The lowest BCUT2D eigenvalue weighted by atomic mass is 9.76. The van der Waals surface area contributed by atoms with Crippen LogP contribution in [0.4, 0.5) is 0 Å². The zero-order valence-corrected chi connectivity index (χ0v) is 13.1. The van der Waals surface area contributed by atoms with Crippen molar-refractivity contribution in [2.45, 2.75) is 71.9 Å². The lowest BCUT2D eigenvalue weighted by Crippen LogP contribution is -2.37. The lowest BCUT2D eigenvalue weighted by molar-refractivity contribution is 0.217. The summed E-state index contributed by atoms with van der Waals surface area (Å²) in [6, 6.07) is 1.22. The molecule has 1 aliphatic carbocycles. The van der Waals surface area contributed by atoms with Crippen LogP contribution in [0.15, 0.2) is 4.99 Å². The van der Waals surface area contributed by atoms with Crippen molar-refractivity contribution >= 4 is 16.9 Å². The summed E-state index contributed by atoms with van der Waals surface area (Å²) in [4.78, 5) is 4.83. The summed E-state index contributed by atoms with van der Waals surface area (Å²) in [5, 5.41) is 4.89. The number of hydrogen-bond donors (Lipinski definition) is 1. The predicted molar refractivity (Wildman–Crippen MR) is 82.3 cm³/mol. The minimum atomic E-state index is 0.553. The summed E-state index contributed by atoms with van der Waals surface area (Å²) in [6.45, 7) is 9.36. The van der Waals surface area contributed by atoms with E-state index in [9.17, 15) is 0 Å². The van der Waals surface area contributed by atoms with Crippen molar-refractivity contribution in [1.82, 2.24) is 5.32 Å². The highest BCUT2D eigenvalue weighted by atomic mass is 32.2. The van der Waals surface area contributed by atoms with Crippen LogP contribution >= 0.6 is 11.8 Å². The molecule has 0 aromatic carbocycles. The molecule has 3 heteroatoms. The molecule has 18 heavy (non-hydrogen) atoms. The van der Waals surface area contributed by atoms with Gasteiger partial charge in [-0.25, -0.2) is 0 Å². The van der Waals surface area contributed by atoms with Crippen LogP contribution in [-0.2, 0) is 0 Å². The molecule has 0 spiro atoms. The molecule has 1 saturated carbocycles. The fraction of sp³-hybridized carbons (Fsp3) is 0.933. The van der Waals surface area contributed by atoms with Crippen LogP contribution in [0.2, 0.25) is 0 Å². The molecule has 0 bridgehead atoms. The summed E-state index contributed by atoms with van der Waals surface area (Å²) in [5.74, 6) is 1.94. The standard InChI is InChI=1S/C15H28N2S/c1-11(2)9-13-10-18-14(17-13)16-12-5-7-15(3,4)8-6-12/h11-13H,5-10H2,1-4H3,(H,16,17). The molecule has 0 amide bonds. The van der Waals surface area contributed by atoms with Crippen molar-refractivity contribution in [3.8, 4) is 0 Å². The molecule has 2 nitrogen and oxygen atoms in total. The number of aliphatic imine (C=N–C) groups is 1. The Bertz CT molecular complexity index is 300. The Kier molecular flexibility index (Phi) is 4.63. The molecule has 0 aromatic heterocycles. The molecule has 1 unspecified atom stereocenters. The average molecular weight is 268 g/mol. The second-order valence-corrected chi connectivity index (χ2v) is 8.12. The van der Waals surface area contributed by atoms with Crippen LogP contribution in [0.1, 0.15) is 59.8 Å². The largest absolute Gasteiger partial charge is 0.362 e. The van der Waals surface area contributed by atoms with Crippen LogP contribution in [0.25, 0.3) is 0 Å². The molecular weight excluding hydrogens is 240 g/mol. The van der Waals surface area contributed by atoms with Crippen molar-refractivity contribution < 1.29 is 0 Å². The van der Waals surface area contributed by atoms with Crippen LogP contribution in [0.3, 0.4) is 0 Å². The SMILES string of the molecule is CC(C)CC1CSC(NC2CCC(C)(C)CC2)=N1. The third-order valence-electron chi connectivity index (χ3n) is 4.12. The summed E-state index contributed by atoms with van der Waals surface area (Å²) < 4.78 is 0. The normalized spacial score (nSPS) is 28.5. The lowest BCUT2D eigenvalue weighted by Gasteiger charge is -2.34. The second-order valence-electron chi connectivity index (χ2n) is 7.11. The van der Waals surface area contributed by atoms with Gasteiger partial charge in [0.05, 0.1) is 6.04 Å². The maximum atomic E-state index is 4.83. The fourth-order valence-electron chi connectivity index (χ4n) is 2.88. The molecule has 0 radical (unpaired) electrons. The van der Waals surface area contributed by atoms with E-state index in [-0.39, 0.29) is 0 Å². The summed E-state index contributed by atoms with van der Waals surface area (Å²) >= 11 is 1.92. The predicted octanol–water partition coefficient (Wildman–Crippen LogP) is 4.06. The zero-order valence-electron chi connectivity index (χ0n) is 12.3. The smallest absolute Gasteiger partial charge is 0.157 e. The van der Waals surface area contributed by atoms with Crippen molar-refractivity contribution in [1.29, 1.82) is 0 Å². The van der Waals surface area contributed by atoms with Crippen molar-refractivity contribution in [2.24, 2.45) is 16.3 Å². The van der Waals surface area contributed by atoms with E-state index >= 15 is 0 Å². The summed E-state index contributed by atoms with van der Waals surface area (Å²) in [5.41, 5.74) is 0.559. The Balaban J connectivity index is 1.77. The van der Waals surface area contributed by atoms with Crippen LogP contribution < -0.4 is 5.32 Å². The highest BCUT2D eigenvalue weighted by molar-refractivity contribution is 8.14. The Morgan fingerprint density at radius 2 is 2.00 bits per heavy atom. The first-order chi connectivity index (χ1) is 8.44. The molecule has 2 rings (SSSR count). The van der Waals surface area contributed by atoms with E-state index in [0.29, 0.717) is 17.5 Å². The number of nitrogens with zero attached hydrogens (tertiary/aromatic N) is 1. The Labute approximate surface area is 116 Å². The van der Waals surface area contributed by atoms with Crippen LogP contribution in [0, 0.1) is 11.3 Å². The van der Waals surface area contributed by atoms with Gasteiger partial charge in [0.25, 0.3) is 0 Å². The second kappa shape index (κ2) is 5.85. The van der Waals surface area contributed by atoms with Gasteiger partial charge in [0.15, 0.2) is 5.17 Å². The van der Waals surface area contributed by atoms with Crippen LogP contribution in [0.5, 0.6) is 0 Å². The van der Waals surface area contributed by atoms with E-state index in [4.69, 9.17) is 4.99 Å². The quantitative estimate of drug-likeness (QED) is 0.834. The van der Waals surface area contributed by atoms with E-state index in [2.05, 4.69) is 33.0 Å². The third-order valence-corrected chi connectivity index (χ3v) is 5.17. The molecule has 1 heterocycles. The molecule has 1 N–H and O–H groups in total.